The summed E-state index contributed by atoms with van der Waals surface area (Å²) in [7, 11) is -1.48. The maximum Gasteiger partial charge on any atom is 0.248 e. The number of piperidine rings is 1. The Morgan fingerprint density at radius 2 is 1.83 bits per heavy atom. The minimum atomic E-state index is -3.58. The van der Waals surface area contributed by atoms with Crippen LogP contribution < -0.4 is 0 Å². The molecule has 0 radical (unpaired) electrons. The monoisotopic (exact) mass is 435 g/mol. The molecular weight excluding hydrogens is 406 g/mol. The number of aryl methyl sites for hydroxylation is 2. The highest BCUT2D eigenvalue weighted by molar-refractivity contribution is 7.89. The summed E-state index contributed by atoms with van der Waals surface area (Å²) in [5, 5.41) is 8.10. The molecule has 0 amide bonds. The molecule has 4 heterocycles. The van der Waals surface area contributed by atoms with Crippen LogP contribution in [-0.2, 0) is 10.0 Å². The Morgan fingerprint density at radius 1 is 1.10 bits per heavy atom. The standard InChI is InChI=1S/C20H29N5O4S/c1-13-17(14(2)28-22-13)30(26,27)25-9-7-20(8-10-25)11-16(24(3)12-20)18-21-19(29-23-18)15-5-4-6-15/h15-16H,4-12H2,1-3H3. The second-order valence-electron chi connectivity index (χ2n) is 9.31. The zero-order chi connectivity index (χ0) is 21.1. The SMILES string of the molecule is Cc1noc(C)c1S(=O)(=O)N1CCC2(CC1)CC(c1noc(C3CCC3)n1)N(C)C2. The maximum atomic E-state index is 13.1. The third-order valence-corrected chi connectivity index (χ3v) is 9.45. The lowest BCUT2D eigenvalue weighted by Gasteiger charge is -2.38. The second-order valence-corrected chi connectivity index (χ2v) is 11.2. The van der Waals surface area contributed by atoms with Crippen molar-refractivity contribution in [3.05, 3.63) is 23.2 Å². The molecule has 164 valence electrons. The average molecular weight is 436 g/mol. The van der Waals surface area contributed by atoms with Gasteiger partial charge in [0.05, 0.1) is 6.04 Å². The molecule has 2 aromatic rings. The molecule has 10 heteroatoms. The van der Waals surface area contributed by atoms with Crippen molar-refractivity contribution >= 4 is 10.0 Å². The van der Waals surface area contributed by atoms with E-state index in [4.69, 9.17) is 14.0 Å². The number of likely N-dealkylation sites (tertiary alicyclic amines) is 1. The Kier molecular flexibility index (Phi) is 4.79. The van der Waals surface area contributed by atoms with Gasteiger partial charge in [0.2, 0.25) is 15.9 Å². The third-order valence-electron chi connectivity index (χ3n) is 7.30. The molecule has 1 spiro atoms. The summed E-state index contributed by atoms with van der Waals surface area (Å²) >= 11 is 0. The maximum absolute atomic E-state index is 13.1. The minimum Gasteiger partial charge on any atom is -0.360 e. The highest BCUT2D eigenvalue weighted by Gasteiger charge is 2.48. The van der Waals surface area contributed by atoms with E-state index >= 15 is 0 Å². The summed E-state index contributed by atoms with van der Waals surface area (Å²) in [6.45, 7) is 5.26. The van der Waals surface area contributed by atoms with Crippen LogP contribution in [0.15, 0.2) is 13.9 Å². The van der Waals surface area contributed by atoms with Crippen molar-refractivity contribution in [2.24, 2.45) is 5.41 Å². The molecule has 0 aromatic carbocycles. The van der Waals surface area contributed by atoms with E-state index in [0.29, 0.717) is 30.5 Å². The minimum absolute atomic E-state index is 0.0848. The summed E-state index contributed by atoms with van der Waals surface area (Å²) in [4.78, 5) is 7.22. The van der Waals surface area contributed by atoms with Crippen LogP contribution in [0.1, 0.15) is 73.7 Å². The van der Waals surface area contributed by atoms with Crippen LogP contribution in [0.4, 0.5) is 0 Å². The smallest absolute Gasteiger partial charge is 0.248 e. The highest BCUT2D eigenvalue weighted by atomic mass is 32.2. The van der Waals surface area contributed by atoms with Crippen molar-refractivity contribution in [2.75, 3.05) is 26.7 Å². The number of hydrogen-bond donors (Lipinski definition) is 0. The molecule has 1 saturated carbocycles. The highest BCUT2D eigenvalue weighted by Crippen LogP contribution is 2.48. The van der Waals surface area contributed by atoms with E-state index in [1.807, 2.05) is 0 Å². The van der Waals surface area contributed by atoms with Gasteiger partial charge in [-0.05, 0) is 58.4 Å². The van der Waals surface area contributed by atoms with Crippen molar-refractivity contribution in [3.8, 4) is 0 Å². The Balaban J connectivity index is 1.28. The van der Waals surface area contributed by atoms with Gasteiger partial charge in [0, 0.05) is 25.6 Å². The van der Waals surface area contributed by atoms with Gasteiger partial charge in [-0.1, -0.05) is 16.7 Å². The Morgan fingerprint density at radius 3 is 2.43 bits per heavy atom. The van der Waals surface area contributed by atoms with E-state index in [2.05, 4.69) is 22.3 Å². The molecule has 1 atom stereocenters. The van der Waals surface area contributed by atoms with Gasteiger partial charge in [0.1, 0.15) is 10.6 Å². The van der Waals surface area contributed by atoms with E-state index < -0.39 is 10.0 Å². The van der Waals surface area contributed by atoms with E-state index in [0.717, 1.165) is 50.4 Å². The zero-order valence-electron chi connectivity index (χ0n) is 17.8. The van der Waals surface area contributed by atoms with E-state index in [-0.39, 0.29) is 16.4 Å². The van der Waals surface area contributed by atoms with Crippen molar-refractivity contribution in [1.82, 2.24) is 24.5 Å². The first-order chi connectivity index (χ1) is 14.3. The molecule has 3 fully saturated rings. The molecule has 2 aliphatic heterocycles. The van der Waals surface area contributed by atoms with Gasteiger partial charge in [-0.25, -0.2) is 8.42 Å². The molecule has 30 heavy (non-hydrogen) atoms. The number of hydrogen-bond acceptors (Lipinski definition) is 8. The fourth-order valence-electron chi connectivity index (χ4n) is 5.30. The van der Waals surface area contributed by atoms with E-state index in [9.17, 15) is 8.42 Å². The van der Waals surface area contributed by atoms with Crippen LogP contribution in [0.2, 0.25) is 0 Å². The van der Waals surface area contributed by atoms with E-state index in [1.165, 1.54) is 6.42 Å². The van der Waals surface area contributed by atoms with Gasteiger partial charge in [0.25, 0.3) is 0 Å². The first-order valence-corrected chi connectivity index (χ1v) is 12.2. The largest absolute Gasteiger partial charge is 0.360 e. The zero-order valence-corrected chi connectivity index (χ0v) is 18.6. The van der Waals surface area contributed by atoms with Gasteiger partial charge in [-0.2, -0.15) is 9.29 Å². The Labute approximate surface area is 176 Å². The Bertz CT molecular complexity index is 1010. The van der Waals surface area contributed by atoms with E-state index in [1.54, 1.807) is 18.2 Å². The van der Waals surface area contributed by atoms with Crippen molar-refractivity contribution in [1.29, 1.82) is 0 Å². The number of aromatic nitrogens is 3. The predicted molar refractivity (Wildman–Crippen MR) is 107 cm³/mol. The van der Waals surface area contributed by atoms with Crippen LogP contribution in [0, 0.1) is 19.3 Å². The van der Waals surface area contributed by atoms with Crippen LogP contribution in [0.5, 0.6) is 0 Å². The van der Waals surface area contributed by atoms with Crippen LogP contribution in [-0.4, -0.2) is 59.6 Å². The molecule has 1 unspecified atom stereocenters. The Hall–Kier alpha value is -1.78. The van der Waals surface area contributed by atoms with Gasteiger partial charge in [-0.3, -0.25) is 4.90 Å². The van der Waals surface area contributed by atoms with Crippen LogP contribution in [0.3, 0.4) is 0 Å². The molecule has 0 bridgehead atoms. The molecule has 2 saturated heterocycles. The molecule has 1 aliphatic carbocycles. The van der Waals surface area contributed by atoms with Gasteiger partial charge in [0.15, 0.2) is 11.6 Å². The molecule has 5 rings (SSSR count). The quantitative estimate of drug-likeness (QED) is 0.722. The van der Waals surface area contributed by atoms with Gasteiger partial charge in [-0.15, -0.1) is 0 Å². The van der Waals surface area contributed by atoms with Crippen molar-refractivity contribution in [2.45, 2.75) is 69.2 Å². The summed E-state index contributed by atoms with van der Waals surface area (Å²) in [6.07, 6.45) is 6.10. The molecule has 0 N–H and O–H groups in total. The fourth-order valence-corrected chi connectivity index (χ4v) is 7.03. The third kappa shape index (κ3) is 3.20. The molecule has 3 aliphatic rings. The van der Waals surface area contributed by atoms with Crippen molar-refractivity contribution < 1.29 is 17.5 Å². The lowest BCUT2D eigenvalue weighted by molar-refractivity contribution is 0.161. The normalized spacial score (nSPS) is 25.8. The fraction of sp³-hybridized carbons (Fsp3) is 0.750. The summed E-state index contributed by atoms with van der Waals surface area (Å²) in [5.74, 6) is 2.35. The van der Waals surface area contributed by atoms with Crippen LogP contribution >= 0.6 is 0 Å². The van der Waals surface area contributed by atoms with Gasteiger partial charge >= 0.3 is 0 Å². The lowest BCUT2D eigenvalue weighted by atomic mass is 9.77. The lowest BCUT2D eigenvalue weighted by Crippen LogP contribution is -2.44. The van der Waals surface area contributed by atoms with Crippen molar-refractivity contribution in [3.63, 3.8) is 0 Å². The average Bonchev–Trinajstić information content (AvgIpc) is 3.33. The topological polar surface area (TPSA) is 106 Å². The first kappa shape index (κ1) is 20.1. The molecule has 2 aromatic heterocycles. The van der Waals surface area contributed by atoms with Gasteiger partial charge < -0.3 is 9.05 Å². The first-order valence-electron chi connectivity index (χ1n) is 10.8. The second kappa shape index (κ2) is 7.13. The molecule has 9 nitrogen and oxygen atoms in total. The molecular formula is C20H29N5O4S. The summed E-state index contributed by atoms with van der Waals surface area (Å²) < 4.78 is 38.5. The number of sulfonamides is 1. The number of nitrogens with zero attached hydrogens (tertiary/aromatic N) is 5. The van der Waals surface area contributed by atoms with Crippen LogP contribution in [0.25, 0.3) is 0 Å². The summed E-state index contributed by atoms with van der Waals surface area (Å²) in [6, 6.07) is 0.133. The number of rotatable bonds is 4. The summed E-state index contributed by atoms with van der Waals surface area (Å²) in [5.41, 5.74) is 0.509. The predicted octanol–water partition coefficient (Wildman–Crippen LogP) is 2.79.